The van der Waals surface area contributed by atoms with Gasteiger partial charge in [-0.2, -0.15) is 0 Å². The molecule has 27 heavy (non-hydrogen) atoms. The van der Waals surface area contributed by atoms with Crippen LogP contribution in [0.3, 0.4) is 0 Å². The molecule has 0 atom stereocenters. The Morgan fingerprint density at radius 3 is 2.63 bits per heavy atom. The molecule has 0 bridgehead atoms. The predicted octanol–water partition coefficient (Wildman–Crippen LogP) is 4.25. The van der Waals surface area contributed by atoms with E-state index >= 15 is 0 Å². The predicted molar refractivity (Wildman–Crippen MR) is 107 cm³/mol. The van der Waals surface area contributed by atoms with Gasteiger partial charge in [-0.05, 0) is 42.8 Å². The van der Waals surface area contributed by atoms with Crippen molar-refractivity contribution in [3.63, 3.8) is 0 Å². The molecule has 2 aromatic carbocycles. The second-order valence-electron chi connectivity index (χ2n) is 6.27. The lowest BCUT2D eigenvalue weighted by Crippen LogP contribution is -2.21. The van der Waals surface area contributed by atoms with E-state index in [1.807, 2.05) is 43.3 Å². The molecule has 0 aliphatic heterocycles. The van der Waals surface area contributed by atoms with Crippen molar-refractivity contribution in [2.75, 3.05) is 7.11 Å². The molecule has 4 aromatic rings. The summed E-state index contributed by atoms with van der Waals surface area (Å²) in [5, 5.41) is 4.18. The Labute approximate surface area is 159 Å². The number of aryl methyl sites for hydroxylation is 1. The third-order valence-corrected chi connectivity index (χ3v) is 5.54. The Balaban J connectivity index is 1.63. The van der Waals surface area contributed by atoms with E-state index in [9.17, 15) is 9.59 Å². The van der Waals surface area contributed by atoms with E-state index in [0.29, 0.717) is 22.4 Å². The summed E-state index contributed by atoms with van der Waals surface area (Å²) in [4.78, 5) is 25.3. The summed E-state index contributed by atoms with van der Waals surface area (Å²) in [7, 11) is 1.61. The van der Waals surface area contributed by atoms with Gasteiger partial charge in [0, 0.05) is 11.9 Å². The fourth-order valence-electron chi connectivity index (χ4n) is 2.93. The molecule has 136 valence electrons. The number of fused-ring (bicyclic) bond motifs is 3. The van der Waals surface area contributed by atoms with Gasteiger partial charge in [-0.3, -0.25) is 4.79 Å². The van der Waals surface area contributed by atoms with Crippen LogP contribution in [0.5, 0.6) is 5.75 Å². The van der Waals surface area contributed by atoms with Gasteiger partial charge in [0.25, 0.3) is 5.91 Å². The Bertz CT molecular complexity index is 1200. The van der Waals surface area contributed by atoms with Crippen molar-refractivity contribution >= 4 is 38.3 Å². The van der Waals surface area contributed by atoms with Gasteiger partial charge in [0.1, 0.15) is 11.3 Å². The van der Waals surface area contributed by atoms with Crippen molar-refractivity contribution in [3.05, 3.63) is 75.0 Å². The zero-order valence-electron chi connectivity index (χ0n) is 14.9. The molecule has 1 N–H and O–H groups in total. The number of thiophene rings is 1. The first-order valence-corrected chi connectivity index (χ1v) is 9.25. The number of benzene rings is 2. The summed E-state index contributed by atoms with van der Waals surface area (Å²) in [6.07, 6.45) is 0. The van der Waals surface area contributed by atoms with Gasteiger partial charge < -0.3 is 14.5 Å². The first-order chi connectivity index (χ1) is 13.0. The lowest BCUT2D eigenvalue weighted by Gasteiger charge is -2.05. The van der Waals surface area contributed by atoms with Crippen molar-refractivity contribution in [3.8, 4) is 5.75 Å². The first kappa shape index (κ1) is 17.3. The average molecular weight is 379 g/mol. The molecular weight excluding hydrogens is 362 g/mol. The third kappa shape index (κ3) is 3.31. The van der Waals surface area contributed by atoms with E-state index in [-0.39, 0.29) is 5.91 Å². The average Bonchev–Trinajstić information content (AvgIpc) is 3.14. The minimum Gasteiger partial charge on any atom is -0.497 e. The van der Waals surface area contributed by atoms with Gasteiger partial charge in [-0.25, -0.2) is 4.79 Å². The molecule has 6 heteroatoms. The number of rotatable bonds is 4. The normalized spacial score (nSPS) is 11.0. The van der Waals surface area contributed by atoms with Crippen LogP contribution in [-0.2, 0) is 6.54 Å². The van der Waals surface area contributed by atoms with Crippen molar-refractivity contribution < 1.29 is 13.9 Å². The van der Waals surface area contributed by atoms with Crippen molar-refractivity contribution in [1.29, 1.82) is 0 Å². The van der Waals surface area contributed by atoms with Crippen LogP contribution in [0.15, 0.2) is 57.7 Å². The van der Waals surface area contributed by atoms with Gasteiger partial charge in [0.2, 0.25) is 0 Å². The lowest BCUT2D eigenvalue weighted by atomic mass is 10.1. The van der Waals surface area contributed by atoms with Crippen LogP contribution >= 0.6 is 11.3 Å². The number of hydrogen-bond acceptors (Lipinski definition) is 5. The molecule has 4 rings (SSSR count). The Morgan fingerprint density at radius 2 is 1.89 bits per heavy atom. The van der Waals surface area contributed by atoms with Crippen molar-refractivity contribution in [2.24, 2.45) is 0 Å². The van der Waals surface area contributed by atoms with Crippen LogP contribution in [0, 0.1) is 6.92 Å². The highest BCUT2D eigenvalue weighted by Crippen LogP contribution is 2.31. The number of amides is 1. The fourth-order valence-corrected chi connectivity index (χ4v) is 4.02. The molecule has 2 aromatic heterocycles. The van der Waals surface area contributed by atoms with Gasteiger partial charge in [0.15, 0.2) is 0 Å². The third-order valence-electron chi connectivity index (χ3n) is 4.37. The van der Waals surface area contributed by atoms with Gasteiger partial charge in [-0.1, -0.05) is 23.8 Å². The minimum atomic E-state index is -0.424. The van der Waals surface area contributed by atoms with Gasteiger partial charge in [-0.15, -0.1) is 11.3 Å². The van der Waals surface area contributed by atoms with Crippen molar-refractivity contribution in [2.45, 2.75) is 13.5 Å². The highest BCUT2D eigenvalue weighted by atomic mass is 32.1. The molecular formula is C21H17NO4S. The van der Waals surface area contributed by atoms with Crippen LogP contribution in [0.4, 0.5) is 0 Å². The number of methoxy groups -OCH3 is 1. The summed E-state index contributed by atoms with van der Waals surface area (Å²) in [5.41, 5.74) is 2.14. The quantitative estimate of drug-likeness (QED) is 0.538. The minimum absolute atomic E-state index is 0.216. The zero-order chi connectivity index (χ0) is 19.0. The molecule has 0 radical (unpaired) electrons. The molecule has 2 heterocycles. The molecule has 0 fully saturated rings. The topological polar surface area (TPSA) is 68.5 Å². The summed E-state index contributed by atoms with van der Waals surface area (Å²) in [5.74, 6) is 0.552. The maximum absolute atomic E-state index is 12.6. The number of ether oxygens (including phenoxy) is 1. The molecule has 0 saturated carbocycles. The summed E-state index contributed by atoms with van der Waals surface area (Å²) < 4.78 is 11.3. The van der Waals surface area contributed by atoms with Crippen LogP contribution in [0.2, 0.25) is 0 Å². The molecule has 0 spiro atoms. The standard InChI is InChI=1S/C21H17NO4S/c1-12-3-8-17-15(9-12)19-16(21(24)26-17)10-18(27-19)20(23)22-11-13-4-6-14(25-2)7-5-13/h3-10H,11H2,1-2H3,(H,22,23). The molecule has 0 saturated heterocycles. The van der Waals surface area contributed by atoms with E-state index in [2.05, 4.69) is 5.32 Å². The van der Waals surface area contributed by atoms with Crippen molar-refractivity contribution in [1.82, 2.24) is 5.32 Å². The number of carbonyl (C=O) groups is 1. The van der Waals surface area contributed by atoms with Gasteiger partial charge in [0.05, 0.1) is 22.1 Å². The SMILES string of the molecule is COc1ccc(CNC(=O)c2cc3c(=O)oc4ccc(C)cc4c3s2)cc1. The van der Waals surface area contributed by atoms with Crippen LogP contribution in [0.25, 0.3) is 21.1 Å². The Hall–Kier alpha value is -3.12. The largest absolute Gasteiger partial charge is 0.497 e. The second kappa shape index (κ2) is 6.89. The zero-order valence-corrected chi connectivity index (χ0v) is 15.7. The van der Waals surface area contributed by atoms with E-state index in [0.717, 1.165) is 27.0 Å². The van der Waals surface area contributed by atoms with E-state index in [1.165, 1.54) is 11.3 Å². The van der Waals surface area contributed by atoms with Gasteiger partial charge >= 0.3 is 5.63 Å². The molecule has 0 aliphatic rings. The molecule has 1 amide bonds. The summed E-state index contributed by atoms with van der Waals surface area (Å²) in [6.45, 7) is 2.37. The Kier molecular flexibility index (Phi) is 4.41. The smallest absolute Gasteiger partial charge is 0.345 e. The highest BCUT2D eigenvalue weighted by molar-refractivity contribution is 7.21. The maximum Gasteiger partial charge on any atom is 0.345 e. The summed E-state index contributed by atoms with van der Waals surface area (Å²) in [6, 6.07) is 14.8. The Morgan fingerprint density at radius 1 is 1.11 bits per heavy atom. The second-order valence-corrected chi connectivity index (χ2v) is 7.33. The van der Waals surface area contributed by atoms with Crippen LogP contribution in [0.1, 0.15) is 20.8 Å². The molecule has 5 nitrogen and oxygen atoms in total. The molecule has 0 aliphatic carbocycles. The highest BCUT2D eigenvalue weighted by Gasteiger charge is 2.16. The van der Waals surface area contributed by atoms with Crippen LogP contribution in [-0.4, -0.2) is 13.0 Å². The maximum atomic E-state index is 12.6. The number of carbonyl (C=O) groups excluding carboxylic acids is 1. The lowest BCUT2D eigenvalue weighted by molar-refractivity contribution is 0.0955. The van der Waals surface area contributed by atoms with Crippen LogP contribution < -0.4 is 15.7 Å². The monoisotopic (exact) mass is 379 g/mol. The number of nitrogens with one attached hydrogen (secondary N) is 1. The van der Waals surface area contributed by atoms with E-state index < -0.39 is 5.63 Å². The fraction of sp³-hybridized carbons (Fsp3) is 0.143. The number of hydrogen-bond donors (Lipinski definition) is 1. The van der Waals surface area contributed by atoms with E-state index in [4.69, 9.17) is 9.15 Å². The summed E-state index contributed by atoms with van der Waals surface area (Å²) >= 11 is 1.31. The first-order valence-electron chi connectivity index (χ1n) is 8.43. The molecule has 0 unspecified atom stereocenters. The van der Waals surface area contributed by atoms with E-state index in [1.54, 1.807) is 19.2 Å².